The zero-order valence-corrected chi connectivity index (χ0v) is 12.0. The molecule has 4 rings (SSSR count). The zero-order chi connectivity index (χ0) is 14.6. The summed E-state index contributed by atoms with van der Waals surface area (Å²) < 4.78 is 15.7. The van der Waals surface area contributed by atoms with Gasteiger partial charge in [-0.1, -0.05) is 11.6 Å². The molecule has 2 saturated heterocycles. The Labute approximate surface area is 125 Å². The summed E-state index contributed by atoms with van der Waals surface area (Å²) in [4.78, 5) is 18.5. The number of aromatic nitrogens is 2. The Hall–Kier alpha value is -1.66. The molecule has 110 valence electrons. The third kappa shape index (κ3) is 1.93. The number of likely N-dealkylation sites (tertiary alicyclic amines) is 1. The molecule has 0 aliphatic carbocycles. The van der Waals surface area contributed by atoms with Crippen molar-refractivity contribution in [1.29, 1.82) is 0 Å². The van der Waals surface area contributed by atoms with Crippen molar-refractivity contribution in [1.82, 2.24) is 19.6 Å². The van der Waals surface area contributed by atoms with Gasteiger partial charge in [-0.2, -0.15) is 4.39 Å². The molecule has 2 atom stereocenters. The number of rotatable bonds is 1. The lowest BCUT2D eigenvalue weighted by Gasteiger charge is -2.22. The topological polar surface area (TPSA) is 49.6 Å². The van der Waals surface area contributed by atoms with Gasteiger partial charge >= 0.3 is 0 Å². The van der Waals surface area contributed by atoms with E-state index in [0.717, 1.165) is 19.5 Å². The Morgan fingerprint density at radius 1 is 1.43 bits per heavy atom. The van der Waals surface area contributed by atoms with Crippen molar-refractivity contribution in [2.24, 2.45) is 5.92 Å². The van der Waals surface area contributed by atoms with E-state index in [1.165, 1.54) is 10.6 Å². The average molecular weight is 309 g/mol. The third-order valence-electron chi connectivity index (χ3n) is 4.43. The van der Waals surface area contributed by atoms with E-state index in [9.17, 15) is 9.18 Å². The van der Waals surface area contributed by atoms with Gasteiger partial charge in [0.2, 0.25) is 5.95 Å². The van der Waals surface area contributed by atoms with Crippen LogP contribution in [0.2, 0.25) is 5.02 Å². The lowest BCUT2D eigenvalue weighted by molar-refractivity contribution is 0.0726. The van der Waals surface area contributed by atoms with Crippen LogP contribution >= 0.6 is 11.6 Å². The maximum absolute atomic E-state index is 14.4. The summed E-state index contributed by atoms with van der Waals surface area (Å²) in [5.74, 6) is -0.501. The Bertz CT molecular complexity index is 731. The van der Waals surface area contributed by atoms with Crippen LogP contribution in [-0.2, 0) is 0 Å². The number of nitrogens with one attached hydrogen (secondary N) is 1. The average Bonchev–Trinajstić information content (AvgIpc) is 3.13. The van der Waals surface area contributed by atoms with E-state index in [4.69, 9.17) is 11.6 Å². The highest BCUT2D eigenvalue weighted by molar-refractivity contribution is 6.30. The number of pyridine rings is 1. The monoisotopic (exact) mass is 308 g/mol. The van der Waals surface area contributed by atoms with E-state index in [1.54, 1.807) is 17.0 Å². The van der Waals surface area contributed by atoms with Gasteiger partial charge in [-0.25, -0.2) is 4.98 Å². The largest absolute Gasteiger partial charge is 0.333 e. The maximum atomic E-state index is 14.4. The summed E-state index contributed by atoms with van der Waals surface area (Å²) in [5, 5.41) is 3.68. The number of carbonyl (C=O) groups excluding carboxylic acids is 1. The second kappa shape index (κ2) is 4.68. The van der Waals surface area contributed by atoms with E-state index in [2.05, 4.69) is 10.3 Å². The first-order chi connectivity index (χ1) is 10.1. The number of hydrogen-bond donors (Lipinski definition) is 1. The molecule has 5 nitrogen and oxygen atoms in total. The summed E-state index contributed by atoms with van der Waals surface area (Å²) >= 11 is 5.86. The van der Waals surface area contributed by atoms with Crippen molar-refractivity contribution >= 4 is 23.2 Å². The predicted molar refractivity (Wildman–Crippen MR) is 76.0 cm³/mol. The summed E-state index contributed by atoms with van der Waals surface area (Å²) in [6.45, 7) is 2.37. The van der Waals surface area contributed by atoms with Gasteiger partial charge in [0.1, 0.15) is 5.65 Å². The lowest BCUT2D eigenvalue weighted by Crippen LogP contribution is -2.39. The molecule has 2 aliphatic heterocycles. The van der Waals surface area contributed by atoms with E-state index in [-0.39, 0.29) is 17.6 Å². The summed E-state index contributed by atoms with van der Waals surface area (Å²) in [6.07, 6.45) is 2.39. The maximum Gasteiger partial charge on any atom is 0.277 e. The van der Waals surface area contributed by atoms with Gasteiger partial charge in [0.05, 0.1) is 5.02 Å². The van der Waals surface area contributed by atoms with Crippen LogP contribution < -0.4 is 5.32 Å². The second-order valence-electron chi connectivity index (χ2n) is 5.60. The van der Waals surface area contributed by atoms with Crippen LogP contribution in [0.5, 0.6) is 0 Å². The van der Waals surface area contributed by atoms with Crippen LogP contribution in [-0.4, -0.2) is 45.9 Å². The van der Waals surface area contributed by atoms with Gasteiger partial charge in [-0.05, 0) is 24.5 Å². The van der Waals surface area contributed by atoms with Crippen LogP contribution in [0, 0.1) is 11.9 Å². The minimum absolute atomic E-state index is 0.121. The Balaban J connectivity index is 1.73. The molecule has 1 amide bonds. The van der Waals surface area contributed by atoms with Crippen LogP contribution in [0.15, 0.2) is 18.3 Å². The molecule has 0 radical (unpaired) electrons. The van der Waals surface area contributed by atoms with Gasteiger partial charge in [0.25, 0.3) is 5.91 Å². The fourth-order valence-corrected chi connectivity index (χ4v) is 3.52. The molecule has 21 heavy (non-hydrogen) atoms. The van der Waals surface area contributed by atoms with Gasteiger partial charge in [0, 0.05) is 31.9 Å². The van der Waals surface area contributed by atoms with Crippen molar-refractivity contribution in [3.63, 3.8) is 0 Å². The molecule has 1 N–H and O–H groups in total. The number of carbonyl (C=O) groups is 1. The summed E-state index contributed by atoms with van der Waals surface area (Å²) in [6, 6.07) is 3.39. The number of halogens is 2. The fourth-order valence-electron chi connectivity index (χ4n) is 3.36. The molecule has 0 spiro atoms. The van der Waals surface area contributed by atoms with E-state index in [1.807, 2.05) is 0 Å². The smallest absolute Gasteiger partial charge is 0.277 e. The first kappa shape index (κ1) is 13.0. The van der Waals surface area contributed by atoms with Crippen molar-refractivity contribution in [3.8, 4) is 0 Å². The molecule has 2 unspecified atom stereocenters. The summed E-state index contributed by atoms with van der Waals surface area (Å²) in [7, 11) is 0. The molecular formula is C14H14ClFN4O. The Kier molecular flexibility index (Phi) is 2.90. The molecule has 0 saturated carbocycles. The third-order valence-corrected chi connectivity index (χ3v) is 4.66. The van der Waals surface area contributed by atoms with Crippen molar-refractivity contribution < 1.29 is 9.18 Å². The number of fused-ring (bicyclic) bond motifs is 2. The molecular weight excluding hydrogens is 295 g/mol. The van der Waals surface area contributed by atoms with Crippen LogP contribution in [0.3, 0.4) is 0 Å². The SMILES string of the molecule is O=C(c1nc2ccc(Cl)cn2c1F)N1CCC2CNCC21. The molecule has 2 aromatic heterocycles. The number of nitrogens with zero attached hydrogens (tertiary/aromatic N) is 3. The second-order valence-corrected chi connectivity index (χ2v) is 6.04. The fraction of sp³-hybridized carbons (Fsp3) is 0.429. The normalized spacial score (nSPS) is 24.8. The number of hydrogen-bond acceptors (Lipinski definition) is 3. The predicted octanol–water partition coefficient (Wildman–Crippen LogP) is 1.56. The lowest BCUT2D eigenvalue weighted by atomic mass is 10.1. The highest BCUT2D eigenvalue weighted by Crippen LogP contribution is 2.29. The van der Waals surface area contributed by atoms with E-state index < -0.39 is 5.95 Å². The Morgan fingerprint density at radius 2 is 2.29 bits per heavy atom. The number of imidazole rings is 1. The number of amides is 1. The Morgan fingerprint density at radius 3 is 3.14 bits per heavy atom. The van der Waals surface area contributed by atoms with E-state index >= 15 is 0 Å². The highest BCUT2D eigenvalue weighted by Gasteiger charge is 2.41. The minimum Gasteiger partial charge on any atom is -0.333 e. The van der Waals surface area contributed by atoms with Gasteiger partial charge in [0.15, 0.2) is 5.69 Å². The standard InChI is InChI=1S/C14H14ClFN4O/c15-9-1-2-11-18-12(13(16)20(11)7-9)14(21)19-4-3-8-5-17-6-10(8)19/h1-2,7-8,10,17H,3-6H2. The molecule has 0 bridgehead atoms. The molecule has 0 aromatic carbocycles. The quantitative estimate of drug-likeness (QED) is 0.870. The van der Waals surface area contributed by atoms with Gasteiger partial charge in [-0.3, -0.25) is 9.20 Å². The highest BCUT2D eigenvalue weighted by atomic mass is 35.5. The van der Waals surface area contributed by atoms with Crippen molar-refractivity contribution in [2.75, 3.05) is 19.6 Å². The molecule has 2 aromatic rings. The minimum atomic E-state index is -0.646. The van der Waals surface area contributed by atoms with Crippen LogP contribution in [0.4, 0.5) is 4.39 Å². The molecule has 7 heteroatoms. The molecule has 2 fully saturated rings. The first-order valence-corrected chi connectivity index (χ1v) is 7.38. The van der Waals surface area contributed by atoms with Crippen LogP contribution in [0.1, 0.15) is 16.9 Å². The van der Waals surface area contributed by atoms with Crippen molar-refractivity contribution in [3.05, 3.63) is 35.0 Å². The summed E-state index contributed by atoms with van der Waals surface area (Å²) in [5.41, 5.74) is 0.269. The molecule has 2 aliphatic rings. The zero-order valence-electron chi connectivity index (χ0n) is 11.2. The first-order valence-electron chi connectivity index (χ1n) is 7.00. The van der Waals surface area contributed by atoms with Gasteiger partial charge in [-0.15, -0.1) is 0 Å². The van der Waals surface area contributed by atoms with Crippen molar-refractivity contribution in [2.45, 2.75) is 12.5 Å². The molecule has 4 heterocycles. The van der Waals surface area contributed by atoms with E-state index in [0.29, 0.717) is 23.1 Å². The van der Waals surface area contributed by atoms with Crippen LogP contribution in [0.25, 0.3) is 5.65 Å². The van der Waals surface area contributed by atoms with Gasteiger partial charge < -0.3 is 10.2 Å².